The highest BCUT2D eigenvalue weighted by atomic mass is 32.2. The van der Waals surface area contributed by atoms with Crippen molar-refractivity contribution in [1.29, 1.82) is 0 Å². The Kier molecular flexibility index (Phi) is 4.68. The van der Waals surface area contributed by atoms with Crippen LogP contribution in [-0.2, 0) is 19.7 Å². The summed E-state index contributed by atoms with van der Waals surface area (Å²) < 4.78 is 25.9. The molecule has 2 N–H and O–H groups in total. The van der Waals surface area contributed by atoms with E-state index in [0.717, 1.165) is 0 Å². The Morgan fingerprint density at radius 2 is 1.50 bits per heavy atom. The largest absolute Gasteiger partial charge is 0.286 e. The molecule has 0 radical (unpaired) electrons. The average molecular weight is 225 g/mol. The van der Waals surface area contributed by atoms with Crippen molar-refractivity contribution in [3.8, 4) is 0 Å². The van der Waals surface area contributed by atoms with Crippen molar-refractivity contribution in [2.75, 3.05) is 6.26 Å². The topological polar surface area (TPSA) is 112 Å². The van der Waals surface area contributed by atoms with Crippen molar-refractivity contribution in [3.63, 3.8) is 0 Å². The highest BCUT2D eigenvalue weighted by Crippen LogP contribution is 2.08. The first kappa shape index (κ1) is 13.0. The zero-order valence-electron chi connectivity index (χ0n) is 7.50. The predicted molar refractivity (Wildman–Crippen MR) is 45.0 cm³/mol. The molecular formula is C6H11NO6S. The van der Waals surface area contributed by atoms with Crippen LogP contribution >= 0.6 is 0 Å². The van der Waals surface area contributed by atoms with E-state index < -0.39 is 21.9 Å². The van der Waals surface area contributed by atoms with E-state index in [4.69, 9.17) is 9.76 Å². The lowest BCUT2D eigenvalue weighted by molar-refractivity contribution is -0.182. The van der Waals surface area contributed by atoms with Crippen LogP contribution in [0.2, 0.25) is 0 Å². The van der Waals surface area contributed by atoms with Gasteiger partial charge >= 0.3 is 0 Å². The molecule has 14 heavy (non-hydrogen) atoms. The minimum Gasteiger partial charge on any atom is -0.286 e. The molecule has 1 aliphatic rings. The smallest absolute Gasteiger partial charge is 0.261 e. The second-order valence-electron chi connectivity index (χ2n) is 2.69. The molecule has 1 rings (SSSR count). The van der Waals surface area contributed by atoms with Gasteiger partial charge in [-0.15, -0.1) is 0 Å². The number of imide groups is 1. The Balaban J connectivity index is 0.000000292. The first-order chi connectivity index (χ1) is 6.22. The van der Waals surface area contributed by atoms with Gasteiger partial charge in [-0.25, -0.2) is 0 Å². The van der Waals surface area contributed by atoms with Crippen molar-refractivity contribution in [3.05, 3.63) is 0 Å². The van der Waals surface area contributed by atoms with E-state index >= 15 is 0 Å². The molecule has 0 spiro atoms. The second-order valence-corrected chi connectivity index (χ2v) is 4.15. The molecule has 1 fully saturated rings. The summed E-state index contributed by atoms with van der Waals surface area (Å²) in [4.78, 5) is 20.9. The number of hydrogen-bond donors (Lipinski definition) is 2. The molecule has 2 amide bonds. The van der Waals surface area contributed by atoms with E-state index in [2.05, 4.69) is 0 Å². The maximum Gasteiger partial charge on any atom is 0.261 e. The van der Waals surface area contributed by atoms with Crippen molar-refractivity contribution in [1.82, 2.24) is 5.06 Å². The van der Waals surface area contributed by atoms with Gasteiger partial charge in [-0.2, -0.15) is 13.5 Å². The fourth-order valence-electron chi connectivity index (χ4n) is 0.742. The van der Waals surface area contributed by atoms with Crippen molar-refractivity contribution in [2.24, 2.45) is 0 Å². The number of rotatable bonds is 0. The first-order valence-corrected chi connectivity index (χ1v) is 5.54. The second kappa shape index (κ2) is 5.03. The lowest BCUT2D eigenvalue weighted by Gasteiger charge is -2.16. The quantitative estimate of drug-likeness (QED) is 0.324. The van der Waals surface area contributed by atoms with Gasteiger partial charge in [0, 0.05) is 12.8 Å². The lowest BCUT2D eigenvalue weighted by atomic mass is 10.1. The molecule has 0 unspecified atom stereocenters. The molecule has 8 heteroatoms. The van der Waals surface area contributed by atoms with Crippen molar-refractivity contribution >= 4 is 21.9 Å². The van der Waals surface area contributed by atoms with E-state index in [1.807, 2.05) is 0 Å². The number of amides is 2. The van der Waals surface area contributed by atoms with Crippen LogP contribution < -0.4 is 0 Å². The number of carbonyl (C=O) groups is 2. The van der Waals surface area contributed by atoms with Gasteiger partial charge in [0.15, 0.2) is 0 Å². The molecule has 0 aromatic carbocycles. The van der Waals surface area contributed by atoms with Gasteiger partial charge in [-0.1, -0.05) is 0 Å². The number of piperidine rings is 1. The molecule has 0 aliphatic carbocycles. The number of nitrogens with zero attached hydrogens (tertiary/aromatic N) is 1. The van der Waals surface area contributed by atoms with Gasteiger partial charge < -0.3 is 0 Å². The minimum absolute atomic E-state index is 0.198. The van der Waals surface area contributed by atoms with E-state index in [1.165, 1.54) is 0 Å². The van der Waals surface area contributed by atoms with E-state index in [0.29, 0.717) is 12.7 Å². The van der Waals surface area contributed by atoms with Crippen LogP contribution in [0, 0.1) is 0 Å². The number of hydroxylamine groups is 2. The highest BCUT2D eigenvalue weighted by molar-refractivity contribution is 7.85. The zero-order chi connectivity index (χ0) is 11.4. The Morgan fingerprint density at radius 3 is 1.71 bits per heavy atom. The van der Waals surface area contributed by atoms with E-state index in [9.17, 15) is 18.0 Å². The molecular weight excluding hydrogens is 214 g/mol. The average Bonchev–Trinajstić information content (AvgIpc) is 1.97. The van der Waals surface area contributed by atoms with Gasteiger partial charge in [0.2, 0.25) is 0 Å². The summed E-state index contributed by atoms with van der Waals surface area (Å²) in [5, 5.41) is 8.78. The lowest BCUT2D eigenvalue weighted by Crippen LogP contribution is -2.36. The monoisotopic (exact) mass is 225 g/mol. The molecule has 0 bridgehead atoms. The van der Waals surface area contributed by atoms with Crippen molar-refractivity contribution < 1.29 is 27.8 Å². The summed E-state index contributed by atoms with van der Waals surface area (Å²) in [5.41, 5.74) is 0. The third kappa shape index (κ3) is 6.52. The van der Waals surface area contributed by atoms with Gasteiger partial charge in [-0.3, -0.25) is 19.3 Å². The van der Waals surface area contributed by atoms with E-state index in [1.54, 1.807) is 0 Å². The molecule has 7 nitrogen and oxygen atoms in total. The normalized spacial score (nSPS) is 17.5. The number of carbonyl (C=O) groups excluding carboxylic acids is 2. The van der Waals surface area contributed by atoms with Crippen LogP contribution in [0.1, 0.15) is 19.3 Å². The van der Waals surface area contributed by atoms with Gasteiger partial charge in [-0.05, 0) is 6.42 Å². The van der Waals surface area contributed by atoms with Crippen LogP contribution in [0.25, 0.3) is 0 Å². The molecule has 82 valence electrons. The minimum atomic E-state index is -3.67. The van der Waals surface area contributed by atoms with Gasteiger partial charge in [0.25, 0.3) is 21.9 Å². The highest BCUT2D eigenvalue weighted by Gasteiger charge is 2.23. The molecule has 1 aliphatic heterocycles. The fourth-order valence-corrected chi connectivity index (χ4v) is 0.742. The first-order valence-electron chi connectivity index (χ1n) is 3.69. The third-order valence-electron chi connectivity index (χ3n) is 1.25. The van der Waals surface area contributed by atoms with Crippen LogP contribution in [0.15, 0.2) is 0 Å². The maximum atomic E-state index is 10.5. The summed E-state index contributed by atoms with van der Waals surface area (Å²) in [7, 11) is -3.67. The molecule has 0 aromatic heterocycles. The van der Waals surface area contributed by atoms with Gasteiger partial charge in [0.1, 0.15) is 0 Å². The Labute approximate surface area is 81.0 Å². The van der Waals surface area contributed by atoms with E-state index in [-0.39, 0.29) is 17.9 Å². The fraction of sp³-hybridized carbons (Fsp3) is 0.667. The Morgan fingerprint density at radius 1 is 1.21 bits per heavy atom. The molecule has 0 aromatic rings. The van der Waals surface area contributed by atoms with Crippen molar-refractivity contribution in [2.45, 2.75) is 19.3 Å². The summed E-state index contributed by atoms with van der Waals surface area (Å²) in [5.74, 6) is -0.988. The summed E-state index contributed by atoms with van der Waals surface area (Å²) in [6, 6.07) is 0. The third-order valence-corrected chi connectivity index (χ3v) is 1.25. The molecule has 0 saturated carbocycles. The summed E-state index contributed by atoms with van der Waals surface area (Å²) in [6.45, 7) is 0. The van der Waals surface area contributed by atoms with Crippen LogP contribution in [0.3, 0.4) is 0 Å². The molecule has 1 heterocycles. The standard InChI is InChI=1S/C5H7NO3.CH4O3S/c7-4-2-1-3-5(8)6(4)9;1-5(2,3)4/h9H,1-3H2;1H3,(H,2,3,4). The zero-order valence-corrected chi connectivity index (χ0v) is 8.32. The van der Waals surface area contributed by atoms with Crippen LogP contribution in [0.4, 0.5) is 0 Å². The Bertz CT molecular complexity index is 297. The molecule has 1 saturated heterocycles. The SMILES string of the molecule is CS(=O)(=O)O.O=C1CCCC(=O)N1O. The van der Waals surface area contributed by atoms with Crippen LogP contribution in [0.5, 0.6) is 0 Å². The Hall–Kier alpha value is -0.990. The van der Waals surface area contributed by atoms with Gasteiger partial charge in [0.05, 0.1) is 6.26 Å². The predicted octanol–water partition coefficient (Wildman–Crippen LogP) is -0.581. The number of hydrogen-bond acceptors (Lipinski definition) is 5. The maximum absolute atomic E-state index is 10.5. The summed E-state index contributed by atoms with van der Waals surface area (Å²) >= 11 is 0. The van der Waals surface area contributed by atoms with Crippen LogP contribution in [-0.4, -0.2) is 41.3 Å². The summed E-state index contributed by atoms with van der Waals surface area (Å²) in [6.07, 6.45) is 1.84. The molecule has 0 atom stereocenters.